The number of hydrogen-bond donors (Lipinski definition) is 4. The second kappa shape index (κ2) is 13.8. The third-order valence-corrected chi connectivity index (χ3v) is 2.64. The summed E-state index contributed by atoms with van der Waals surface area (Å²) in [7, 11) is 0. The van der Waals surface area contributed by atoms with E-state index in [1.807, 2.05) is 0 Å². The van der Waals surface area contributed by atoms with Crippen molar-refractivity contribution in [2.45, 2.75) is 40.2 Å². The van der Waals surface area contributed by atoms with Gasteiger partial charge >= 0.3 is 5.97 Å². The second-order valence-electron chi connectivity index (χ2n) is 6.64. The molecule has 160 valence electrons. The molecular formula is C22H33N3O4. The quantitative estimate of drug-likeness (QED) is 0.256. The molecule has 0 saturated heterocycles. The average Bonchev–Trinajstić information content (AvgIpc) is 2.53. The van der Waals surface area contributed by atoms with E-state index in [2.05, 4.69) is 13.2 Å². The first kappa shape index (κ1) is 27.9. The monoisotopic (exact) mass is 403 g/mol. The number of Topliss-reactive ketones (excluding diaryl/α,β-unsaturated/α-hetero) is 1. The molecule has 7 nitrogen and oxygen atoms in total. The molecular weight excluding hydrogens is 370 g/mol. The third kappa shape index (κ3) is 16.6. The lowest BCUT2D eigenvalue weighted by molar-refractivity contribution is -0.131. The van der Waals surface area contributed by atoms with Crippen molar-refractivity contribution >= 4 is 11.8 Å². The summed E-state index contributed by atoms with van der Waals surface area (Å²) in [5, 5.41) is 9.52. The van der Waals surface area contributed by atoms with E-state index in [0.717, 1.165) is 0 Å². The number of nitrogens with two attached hydrogens (primary N) is 3. The highest BCUT2D eigenvalue weighted by Crippen LogP contribution is 2.17. The van der Waals surface area contributed by atoms with Crippen molar-refractivity contribution in [1.82, 2.24) is 0 Å². The summed E-state index contributed by atoms with van der Waals surface area (Å²) in [6.07, 6.45) is 4.99. The Bertz CT molecular complexity index is 747. The van der Waals surface area contributed by atoms with Gasteiger partial charge in [-0.1, -0.05) is 19.2 Å². The van der Waals surface area contributed by atoms with Gasteiger partial charge in [0.1, 0.15) is 11.4 Å². The van der Waals surface area contributed by atoms with Crippen LogP contribution in [0.1, 0.15) is 45.0 Å². The Morgan fingerprint density at radius 1 is 1.07 bits per heavy atom. The predicted molar refractivity (Wildman–Crippen MR) is 118 cm³/mol. The first-order valence-corrected chi connectivity index (χ1v) is 8.69. The lowest BCUT2D eigenvalue weighted by atomic mass is 9.97. The number of aliphatic hydroxyl groups is 1. The highest BCUT2D eigenvalue weighted by atomic mass is 16.5. The molecule has 0 fully saturated rings. The minimum absolute atomic E-state index is 0.373. The molecule has 0 amide bonds. The minimum atomic E-state index is -1.40. The molecule has 1 aromatic rings. The van der Waals surface area contributed by atoms with Crippen LogP contribution < -0.4 is 21.9 Å². The maximum Gasteiger partial charge on any atom is 0.308 e. The SMILES string of the molecule is C=C(C)N.C=C/C=C(N)\C=C(/C)N.CC(=O)Oc1ccc(C(=O)C(C)(C)O)cc1. The van der Waals surface area contributed by atoms with Crippen molar-refractivity contribution in [3.05, 3.63) is 78.3 Å². The maximum atomic E-state index is 11.6. The molecule has 0 unspecified atom stereocenters. The molecule has 29 heavy (non-hydrogen) atoms. The summed E-state index contributed by atoms with van der Waals surface area (Å²) in [6, 6.07) is 6.05. The number of rotatable bonds is 5. The van der Waals surface area contributed by atoms with Gasteiger partial charge in [0.15, 0.2) is 5.78 Å². The van der Waals surface area contributed by atoms with E-state index in [1.54, 1.807) is 32.1 Å². The van der Waals surface area contributed by atoms with Crippen LogP contribution in [0.25, 0.3) is 0 Å². The van der Waals surface area contributed by atoms with Crippen LogP contribution in [0, 0.1) is 0 Å². The van der Waals surface area contributed by atoms with Crippen molar-refractivity contribution in [3.63, 3.8) is 0 Å². The zero-order chi connectivity index (χ0) is 23.2. The molecule has 0 aromatic heterocycles. The van der Waals surface area contributed by atoms with Crippen molar-refractivity contribution < 1.29 is 19.4 Å². The Kier molecular flexibility index (Phi) is 13.3. The van der Waals surface area contributed by atoms with Crippen LogP contribution >= 0.6 is 0 Å². The highest BCUT2D eigenvalue weighted by molar-refractivity contribution is 6.01. The van der Waals surface area contributed by atoms with Crippen LogP contribution in [0.4, 0.5) is 0 Å². The number of allylic oxidation sites excluding steroid dienone is 5. The summed E-state index contributed by atoms with van der Waals surface area (Å²) in [4.78, 5) is 22.3. The number of carbonyl (C=O) groups excluding carboxylic acids is 2. The first-order chi connectivity index (χ1) is 13.2. The van der Waals surface area contributed by atoms with E-state index < -0.39 is 11.6 Å². The average molecular weight is 404 g/mol. The van der Waals surface area contributed by atoms with Crippen LogP contribution in [0.3, 0.4) is 0 Å². The molecule has 0 aliphatic heterocycles. The standard InChI is InChI=1S/C12H14O4.C7H12N2.C3H7N/c1-8(13)16-10-6-4-9(5-7-10)11(14)12(2,3)15;1-3-4-7(9)5-6(2)8;1-3(2)4/h4-7,15H,1-3H3;3-5H,1,8-9H2,2H3;1,4H2,2H3/b;6-5+,7-4+;. The fourth-order valence-corrected chi connectivity index (χ4v) is 1.64. The molecule has 0 aliphatic carbocycles. The summed E-state index contributed by atoms with van der Waals surface area (Å²) < 4.78 is 4.82. The van der Waals surface area contributed by atoms with Gasteiger partial charge in [0.2, 0.25) is 0 Å². The molecule has 0 bridgehead atoms. The lowest BCUT2D eigenvalue weighted by Crippen LogP contribution is -2.30. The van der Waals surface area contributed by atoms with E-state index >= 15 is 0 Å². The molecule has 7 N–H and O–H groups in total. The molecule has 0 saturated carbocycles. The summed E-state index contributed by atoms with van der Waals surface area (Å²) >= 11 is 0. The topological polar surface area (TPSA) is 142 Å². The third-order valence-electron chi connectivity index (χ3n) is 2.64. The van der Waals surface area contributed by atoms with Crippen molar-refractivity contribution in [3.8, 4) is 5.75 Å². The summed E-state index contributed by atoms with van der Waals surface area (Å²) in [6.45, 7) is 14.5. The Balaban J connectivity index is 0. The van der Waals surface area contributed by atoms with E-state index in [4.69, 9.17) is 21.9 Å². The normalized spacial score (nSPS) is 11.1. The summed E-state index contributed by atoms with van der Waals surface area (Å²) in [5.74, 6) is -0.414. The Hall–Kier alpha value is -3.32. The minimum Gasteiger partial charge on any atom is -0.427 e. The summed E-state index contributed by atoms with van der Waals surface area (Å²) in [5.41, 5.74) is 16.6. The first-order valence-electron chi connectivity index (χ1n) is 8.69. The van der Waals surface area contributed by atoms with Crippen LogP contribution in [-0.2, 0) is 4.79 Å². The van der Waals surface area contributed by atoms with Crippen molar-refractivity contribution in [1.29, 1.82) is 0 Å². The van der Waals surface area contributed by atoms with Gasteiger partial charge in [0.05, 0.1) is 0 Å². The number of hydrogen-bond acceptors (Lipinski definition) is 7. The van der Waals surface area contributed by atoms with Crippen LogP contribution in [0.2, 0.25) is 0 Å². The van der Waals surface area contributed by atoms with E-state index in [1.165, 1.54) is 45.0 Å². The maximum absolute atomic E-state index is 11.6. The van der Waals surface area contributed by atoms with Gasteiger partial charge < -0.3 is 27.0 Å². The van der Waals surface area contributed by atoms with Crippen LogP contribution in [-0.4, -0.2) is 22.5 Å². The highest BCUT2D eigenvalue weighted by Gasteiger charge is 2.24. The molecule has 7 heteroatoms. The Labute approximate surface area is 173 Å². The fraction of sp³-hybridized carbons (Fsp3) is 0.273. The van der Waals surface area contributed by atoms with E-state index in [-0.39, 0.29) is 5.78 Å². The Morgan fingerprint density at radius 2 is 1.52 bits per heavy atom. The van der Waals surface area contributed by atoms with Crippen molar-refractivity contribution in [2.24, 2.45) is 17.2 Å². The zero-order valence-electron chi connectivity index (χ0n) is 17.9. The predicted octanol–water partition coefficient (Wildman–Crippen LogP) is 2.92. The van der Waals surface area contributed by atoms with Crippen LogP contribution in [0.15, 0.2) is 72.7 Å². The number of ketones is 1. The number of carbonyl (C=O) groups is 2. The largest absolute Gasteiger partial charge is 0.427 e. The molecule has 0 aliphatic rings. The van der Waals surface area contributed by atoms with Gasteiger partial charge in [0, 0.05) is 23.9 Å². The number of benzene rings is 1. The number of ether oxygens (including phenoxy) is 1. The van der Waals surface area contributed by atoms with Crippen LogP contribution in [0.5, 0.6) is 5.75 Å². The van der Waals surface area contributed by atoms with Crippen molar-refractivity contribution in [2.75, 3.05) is 0 Å². The van der Waals surface area contributed by atoms with Gasteiger partial charge in [-0.25, -0.2) is 0 Å². The fourth-order valence-electron chi connectivity index (χ4n) is 1.64. The van der Waals surface area contributed by atoms with E-state index in [9.17, 15) is 14.7 Å². The molecule has 0 atom stereocenters. The molecule has 1 aromatic carbocycles. The molecule has 1 rings (SSSR count). The van der Waals surface area contributed by atoms with Gasteiger partial charge in [-0.2, -0.15) is 0 Å². The molecule has 0 heterocycles. The van der Waals surface area contributed by atoms with Gasteiger partial charge in [-0.05, 0) is 69.8 Å². The smallest absolute Gasteiger partial charge is 0.308 e. The lowest BCUT2D eigenvalue weighted by Gasteiger charge is -2.15. The molecule has 0 radical (unpaired) electrons. The number of esters is 1. The zero-order valence-corrected chi connectivity index (χ0v) is 17.9. The van der Waals surface area contributed by atoms with Gasteiger partial charge in [-0.15, -0.1) is 0 Å². The Morgan fingerprint density at radius 3 is 1.83 bits per heavy atom. The molecule has 0 spiro atoms. The van der Waals surface area contributed by atoms with Gasteiger partial charge in [0.25, 0.3) is 0 Å². The van der Waals surface area contributed by atoms with Gasteiger partial charge in [-0.3, -0.25) is 9.59 Å². The van der Waals surface area contributed by atoms with E-state index in [0.29, 0.717) is 28.4 Å². The second-order valence-corrected chi connectivity index (χ2v) is 6.64.